The van der Waals surface area contributed by atoms with E-state index >= 15 is 0 Å². The number of esters is 3. The molecule has 0 aliphatic carbocycles. The highest BCUT2D eigenvalue weighted by Gasteiger charge is 2.69. The first-order valence-electron chi connectivity index (χ1n) is 10.3. The topological polar surface area (TPSA) is 78.9 Å². The lowest BCUT2D eigenvalue weighted by Gasteiger charge is -2.61. The fraction of sp³-hybridized carbons (Fsp3) is 0.750. The van der Waals surface area contributed by atoms with E-state index in [0.717, 1.165) is 0 Å². The molecule has 6 nitrogen and oxygen atoms in total. The third kappa shape index (κ3) is 5.43. The predicted octanol–water partition coefficient (Wildman–Crippen LogP) is 4.14. The Balaban J connectivity index is 7.29. The van der Waals surface area contributed by atoms with Gasteiger partial charge in [0, 0.05) is 28.3 Å². The van der Waals surface area contributed by atoms with Gasteiger partial charge in [0.25, 0.3) is 0 Å². The van der Waals surface area contributed by atoms with E-state index in [-0.39, 0.29) is 18.0 Å². The van der Waals surface area contributed by atoms with Gasteiger partial charge in [0.05, 0.1) is 39.4 Å². The van der Waals surface area contributed by atoms with Gasteiger partial charge in [-0.2, -0.15) is 0 Å². The van der Waals surface area contributed by atoms with E-state index in [1.807, 2.05) is 0 Å². The van der Waals surface area contributed by atoms with Crippen LogP contribution in [0.25, 0.3) is 0 Å². The standard InChI is InChI=1S/C20H42O6Si4/c1-15(18(21)24-2)14-16(19(22)25-3)17(20(23)26-4)30(27(5,6)7,28(8,9)10)29(11,12)13/h16-17H,1,14H2,2-13H3/t16-,17-/m0/s1. The molecule has 0 spiro atoms. The molecule has 0 bridgehead atoms. The lowest BCUT2D eigenvalue weighted by molar-refractivity contribution is -0.152. The molecular formula is C20H42O6Si4. The van der Waals surface area contributed by atoms with Gasteiger partial charge < -0.3 is 14.2 Å². The summed E-state index contributed by atoms with van der Waals surface area (Å²) in [6.07, 6.45) is 0.0350. The van der Waals surface area contributed by atoms with Crippen molar-refractivity contribution in [2.45, 2.75) is 70.9 Å². The molecule has 30 heavy (non-hydrogen) atoms. The van der Waals surface area contributed by atoms with Crippen molar-refractivity contribution in [1.29, 1.82) is 0 Å². The molecule has 0 unspecified atom stereocenters. The minimum absolute atomic E-state index is 0.0350. The first-order chi connectivity index (χ1) is 13.3. The summed E-state index contributed by atoms with van der Waals surface area (Å²) in [7, 11) is -1.86. The minimum atomic E-state index is -2.42. The zero-order valence-electron chi connectivity index (χ0n) is 21.0. The normalized spacial score (nSPS) is 15.1. The SMILES string of the molecule is C=C(C[C@H](C(=O)OC)[C@@H](C(=O)OC)[Si]([Si](C)(C)C)([Si](C)(C)C)[Si](C)(C)C)C(=O)OC. The summed E-state index contributed by atoms with van der Waals surface area (Å²) >= 11 is 0. The number of carbonyl (C=O) groups is 3. The van der Waals surface area contributed by atoms with Gasteiger partial charge in [-0.3, -0.25) is 9.59 Å². The van der Waals surface area contributed by atoms with E-state index in [1.165, 1.54) is 21.3 Å². The number of rotatable bonds is 10. The van der Waals surface area contributed by atoms with Gasteiger partial charge in [-0.05, 0) is 6.42 Å². The van der Waals surface area contributed by atoms with Gasteiger partial charge in [0.2, 0.25) is 0 Å². The molecular weight excluding hydrogens is 449 g/mol. The van der Waals surface area contributed by atoms with E-state index < -0.39 is 52.8 Å². The van der Waals surface area contributed by atoms with Crippen LogP contribution >= 0.6 is 0 Å². The van der Waals surface area contributed by atoms with Gasteiger partial charge in [-0.1, -0.05) is 65.5 Å². The first-order valence-corrected chi connectivity index (χ1v) is 25.8. The van der Waals surface area contributed by atoms with Crippen molar-refractivity contribution in [1.82, 2.24) is 0 Å². The molecule has 0 aromatic carbocycles. The second kappa shape index (κ2) is 10.1. The Labute approximate surface area is 186 Å². The zero-order valence-corrected chi connectivity index (χ0v) is 25.0. The fourth-order valence-corrected chi connectivity index (χ4v) is 110. The smallest absolute Gasteiger partial charge is 0.333 e. The van der Waals surface area contributed by atoms with Gasteiger partial charge in [-0.25, -0.2) is 4.79 Å². The van der Waals surface area contributed by atoms with Gasteiger partial charge in [-0.15, -0.1) is 0 Å². The predicted molar refractivity (Wildman–Crippen MR) is 133 cm³/mol. The average Bonchev–Trinajstić information content (AvgIpc) is 2.58. The zero-order chi connectivity index (χ0) is 24.3. The van der Waals surface area contributed by atoms with E-state index in [2.05, 4.69) is 65.5 Å². The summed E-state index contributed by atoms with van der Waals surface area (Å²) in [4.78, 5) is 38.7. The average molecular weight is 491 g/mol. The number of ether oxygens (including phenoxy) is 3. The van der Waals surface area contributed by atoms with Crippen LogP contribution in [0.4, 0.5) is 0 Å². The molecule has 0 aromatic rings. The van der Waals surface area contributed by atoms with E-state index in [1.54, 1.807) is 0 Å². The minimum Gasteiger partial charge on any atom is -0.469 e. The Morgan fingerprint density at radius 2 is 1.07 bits per heavy atom. The van der Waals surface area contributed by atoms with E-state index in [9.17, 15) is 14.4 Å². The van der Waals surface area contributed by atoms with Crippen LogP contribution in [0.3, 0.4) is 0 Å². The van der Waals surface area contributed by atoms with Crippen molar-refractivity contribution >= 4 is 47.3 Å². The van der Waals surface area contributed by atoms with Crippen LogP contribution < -0.4 is 0 Å². The van der Waals surface area contributed by atoms with Crippen LogP contribution in [-0.4, -0.2) is 68.6 Å². The lowest BCUT2D eigenvalue weighted by atomic mass is 9.96. The molecule has 0 radical (unpaired) electrons. The molecule has 174 valence electrons. The molecule has 0 saturated carbocycles. The highest BCUT2D eigenvalue weighted by molar-refractivity contribution is 7.90. The van der Waals surface area contributed by atoms with Gasteiger partial charge >= 0.3 is 17.9 Å². The fourth-order valence-electron chi connectivity index (χ4n) is 6.53. The van der Waals surface area contributed by atoms with Crippen LogP contribution in [0.5, 0.6) is 0 Å². The number of carbonyl (C=O) groups excluding carboxylic acids is 3. The lowest BCUT2D eigenvalue weighted by Crippen LogP contribution is -2.86. The Morgan fingerprint density at radius 3 is 1.33 bits per heavy atom. The first kappa shape index (κ1) is 29.0. The molecule has 0 aromatic heterocycles. The van der Waals surface area contributed by atoms with E-state index in [0.29, 0.717) is 0 Å². The summed E-state index contributed by atoms with van der Waals surface area (Å²) in [6, 6.07) is 0. The third-order valence-corrected chi connectivity index (χ3v) is 79.6. The van der Waals surface area contributed by atoms with Crippen LogP contribution in [0.15, 0.2) is 12.2 Å². The molecule has 0 rings (SSSR count). The maximum Gasteiger partial charge on any atom is 0.333 e. The Bertz CT molecular complexity index is 634. The molecule has 0 fully saturated rings. The second-order valence-corrected chi connectivity index (χ2v) is 51.8. The second-order valence-electron chi connectivity index (χ2n) is 11.0. The van der Waals surface area contributed by atoms with Crippen LogP contribution in [0.1, 0.15) is 6.42 Å². The van der Waals surface area contributed by atoms with Crippen LogP contribution in [-0.2, 0) is 28.6 Å². The number of hydrogen-bond acceptors (Lipinski definition) is 6. The molecule has 0 amide bonds. The maximum absolute atomic E-state index is 13.5. The molecule has 0 saturated heterocycles. The summed E-state index contributed by atoms with van der Waals surface area (Å²) in [5.74, 6) is -2.20. The largest absolute Gasteiger partial charge is 0.469 e. The summed E-state index contributed by atoms with van der Waals surface area (Å²) in [5, 5.41) is 0. The molecule has 10 heteroatoms. The third-order valence-electron chi connectivity index (χ3n) is 6.32. The summed E-state index contributed by atoms with van der Waals surface area (Å²) in [5.41, 5.74) is -0.396. The van der Waals surface area contributed by atoms with Crippen molar-refractivity contribution < 1.29 is 28.6 Å². The molecule has 2 atom stereocenters. The highest BCUT2D eigenvalue weighted by atomic mass is 29.9. The van der Waals surface area contributed by atoms with Crippen molar-refractivity contribution in [3.05, 3.63) is 12.2 Å². The van der Waals surface area contributed by atoms with Crippen LogP contribution in [0.2, 0.25) is 64.5 Å². The Kier molecular flexibility index (Phi) is 9.76. The van der Waals surface area contributed by atoms with Crippen molar-refractivity contribution in [3.8, 4) is 0 Å². The molecule has 0 heterocycles. The number of hydrogen-bond donors (Lipinski definition) is 0. The van der Waals surface area contributed by atoms with Crippen LogP contribution in [0, 0.1) is 5.92 Å². The number of methoxy groups -OCH3 is 3. The van der Waals surface area contributed by atoms with Crippen molar-refractivity contribution in [2.75, 3.05) is 21.3 Å². The van der Waals surface area contributed by atoms with Gasteiger partial charge in [0.1, 0.15) is 0 Å². The van der Waals surface area contributed by atoms with Crippen molar-refractivity contribution in [3.63, 3.8) is 0 Å². The molecule has 0 aliphatic heterocycles. The van der Waals surface area contributed by atoms with E-state index in [4.69, 9.17) is 14.2 Å². The quantitative estimate of drug-likeness (QED) is 0.198. The monoisotopic (exact) mass is 490 g/mol. The molecule has 0 N–H and O–H groups in total. The maximum atomic E-state index is 13.5. The Morgan fingerprint density at radius 1 is 0.700 bits per heavy atom. The molecule has 0 aliphatic rings. The summed E-state index contributed by atoms with van der Waals surface area (Å²) < 4.78 is 15.3. The highest BCUT2D eigenvalue weighted by Crippen LogP contribution is 2.50. The summed E-state index contributed by atoms with van der Waals surface area (Å²) in [6.45, 7) is 22.5. The van der Waals surface area contributed by atoms with Crippen molar-refractivity contribution in [2.24, 2.45) is 5.92 Å². The van der Waals surface area contributed by atoms with Gasteiger partial charge in [0.15, 0.2) is 0 Å². The Hall–Kier alpha value is -0.982.